The van der Waals surface area contributed by atoms with Crippen LogP contribution in [0.15, 0.2) is 29.4 Å². The van der Waals surface area contributed by atoms with Gasteiger partial charge in [-0.2, -0.15) is 4.72 Å². The van der Waals surface area contributed by atoms with Crippen LogP contribution in [0.5, 0.6) is 0 Å². The number of unbranched alkanes of at least 4 members (excludes halogenated alkanes) is 1. The van der Waals surface area contributed by atoms with E-state index in [0.29, 0.717) is 38.5 Å². The summed E-state index contributed by atoms with van der Waals surface area (Å²) >= 11 is 0. The Labute approximate surface area is 201 Å². The van der Waals surface area contributed by atoms with E-state index in [1.165, 1.54) is 24.5 Å². The zero-order chi connectivity index (χ0) is 24.6. The van der Waals surface area contributed by atoms with Crippen molar-refractivity contribution < 1.29 is 22.8 Å². The lowest BCUT2D eigenvalue weighted by Gasteiger charge is -2.37. The summed E-state index contributed by atoms with van der Waals surface area (Å²) in [6, 6.07) is 1.94. The molecule has 1 aromatic heterocycles. The number of Topliss-reactive ketones (excluding diaryl/α,β-unsaturated/α-hetero) is 1. The third-order valence-electron chi connectivity index (χ3n) is 6.80. The van der Waals surface area contributed by atoms with E-state index in [9.17, 15) is 22.8 Å². The molecule has 2 aliphatic carbocycles. The molecule has 9 nitrogen and oxygen atoms in total. The molecule has 2 aliphatic rings. The Bertz CT molecular complexity index is 955. The molecule has 0 aromatic carbocycles. The fourth-order valence-corrected chi connectivity index (χ4v) is 6.20. The maximum Gasteiger partial charge on any atom is 0.289 e. The molecule has 3 rings (SSSR count). The Morgan fingerprint density at radius 2 is 1.82 bits per heavy atom. The van der Waals surface area contributed by atoms with Crippen molar-refractivity contribution in [1.82, 2.24) is 20.3 Å². The van der Waals surface area contributed by atoms with Gasteiger partial charge in [0.1, 0.15) is 10.4 Å². The molecule has 0 radical (unpaired) electrons. The number of aromatic nitrogens is 1. The Morgan fingerprint density at radius 3 is 2.44 bits per heavy atom. The van der Waals surface area contributed by atoms with Crippen LogP contribution in [0.4, 0.5) is 0 Å². The third-order valence-corrected chi connectivity index (χ3v) is 8.32. The molecule has 10 heteroatoms. The second kappa shape index (κ2) is 11.9. The first-order valence-corrected chi connectivity index (χ1v) is 13.9. The summed E-state index contributed by atoms with van der Waals surface area (Å²) < 4.78 is 28.7. The van der Waals surface area contributed by atoms with Crippen LogP contribution in [0.25, 0.3) is 0 Å². The lowest BCUT2D eigenvalue weighted by atomic mass is 9.81. The van der Waals surface area contributed by atoms with Gasteiger partial charge in [-0.15, -0.1) is 0 Å². The summed E-state index contributed by atoms with van der Waals surface area (Å²) in [7, 11) is -4.01. The molecule has 2 saturated carbocycles. The van der Waals surface area contributed by atoms with Gasteiger partial charge in [-0.1, -0.05) is 51.9 Å². The number of amides is 2. The minimum atomic E-state index is -4.01. The van der Waals surface area contributed by atoms with Crippen LogP contribution in [-0.2, 0) is 24.4 Å². The summed E-state index contributed by atoms with van der Waals surface area (Å²) in [4.78, 5) is 43.0. The fraction of sp³-hybridized carbons (Fsp3) is 0.667. The number of ketones is 1. The van der Waals surface area contributed by atoms with Crippen LogP contribution in [0.3, 0.4) is 0 Å². The zero-order valence-electron chi connectivity index (χ0n) is 19.8. The van der Waals surface area contributed by atoms with Gasteiger partial charge in [0.15, 0.2) is 0 Å². The number of carbonyl (C=O) groups is 3. The van der Waals surface area contributed by atoms with E-state index in [1.54, 1.807) is 0 Å². The summed E-state index contributed by atoms with van der Waals surface area (Å²) in [5.41, 5.74) is -1.38. The predicted molar refractivity (Wildman–Crippen MR) is 127 cm³/mol. The van der Waals surface area contributed by atoms with Crippen molar-refractivity contribution in [3.05, 3.63) is 24.5 Å². The van der Waals surface area contributed by atoms with Crippen LogP contribution in [-0.4, -0.2) is 48.6 Å². The monoisotopic (exact) mass is 492 g/mol. The van der Waals surface area contributed by atoms with Crippen molar-refractivity contribution >= 4 is 27.6 Å². The van der Waals surface area contributed by atoms with Gasteiger partial charge in [0.05, 0.1) is 6.04 Å². The number of carbonyl (C=O) groups excluding carboxylic acids is 3. The molecule has 188 valence electrons. The van der Waals surface area contributed by atoms with Gasteiger partial charge in [0.25, 0.3) is 5.91 Å². The number of nitrogens with zero attached hydrogens (tertiary/aromatic N) is 1. The topological polar surface area (TPSA) is 134 Å². The molecule has 2 fully saturated rings. The van der Waals surface area contributed by atoms with Crippen molar-refractivity contribution in [2.45, 2.75) is 106 Å². The van der Waals surface area contributed by atoms with E-state index in [1.807, 2.05) is 6.92 Å². The molecular formula is C24H36N4O5S. The van der Waals surface area contributed by atoms with Gasteiger partial charge in [0, 0.05) is 18.4 Å². The van der Waals surface area contributed by atoms with Crippen molar-refractivity contribution in [1.29, 1.82) is 0 Å². The molecule has 0 bridgehead atoms. The summed E-state index contributed by atoms with van der Waals surface area (Å²) in [5, 5.41) is 5.55. The van der Waals surface area contributed by atoms with Gasteiger partial charge in [-0.25, -0.2) is 8.42 Å². The predicted octanol–water partition coefficient (Wildman–Crippen LogP) is 2.37. The van der Waals surface area contributed by atoms with Crippen LogP contribution >= 0.6 is 0 Å². The first-order chi connectivity index (χ1) is 16.3. The average molecular weight is 493 g/mol. The molecule has 0 aliphatic heterocycles. The molecule has 2 amide bonds. The molecule has 0 saturated heterocycles. The Morgan fingerprint density at radius 1 is 1.12 bits per heavy atom. The first kappa shape index (κ1) is 26.3. The Hall–Kier alpha value is -2.33. The van der Waals surface area contributed by atoms with Gasteiger partial charge >= 0.3 is 0 Å². The average Bonchev–Trinajstić information content (AvgIpc) is 3.35. The van der Waals surface area contributed by atoms with Gasteiger partial charge in [0.2, 0.25) is 21.7 Å². The number of pyridine rings is 1. The lowest BCUT2D eigenvalue weighted by molar-refractivity contribution is -0.141. The Balaban J connectivity index is 1.78. The molecule has 1 heterocycles. The van der Waals surface area contributed by atoms with Crippen molar-refractivity contribution in [2.24, 2.45) is 0 Å². The van der Waals surface area contributed by atoms with E-state index in [-0.39, 0.29) is 10.9 Å². The van der Waals surface area contributed by atoms with E-state index in [2.05, 4.69) is 20.3 Å². The van der Waals surface area contributed by atoms with Crippen LogP contribution in [0, 0.1) is 0 Å². The highest BCUT2D eigenvalue weighted by Gasteiger charge is 2.44. The maximum atomic E-state index is 13.5. The summed E-state index contributed by atoms with van der Waals surface area (Å²) in [5.74, 6) is -1.90. The molecule has 0 spiro atoms. The molecule has 34 heavy (non-hydrogen) atoms. The van der Waals surface area contributed by atoms with Crippen LogP contribution in [0.1, 0.15) is 84.0 Å². The molecular weight excluding hydrogens is 456 g/mol. The van der Waals surface area contributed by atoms with Crippen molar-refractivity contribution in [3.63, 3.8) is 0 Å². The smallest absolute Gasteiger partial charge is 0.289 e. The minimum Gasteiger partial charge on any atom is -0.347 e. The number of sulfonamides is 1. The summed E-state index contributed by atoms with van der Waals surface area (Å²) in [6.45, 7) is 1.96. The van der Waals surface area contributed by atoms with Crippen LogP contribution < -0.4 is 15.4 Å². The van der Waals surface area contributed by atoms with Crippen molar-refractivity contribution in [3.8, 4) is 0 Å². The van der Waals surface area contributed by atoms with Gasteiger partial charge in [-0.3, -0.25) is 19.4 Å². The highest BCUT2D eigenvalue weighted by Crippen LogP contribution is 2.30. The second-order valence-electron chi connectivity index (χ2n) is 9.42. The highest BCUT2D eigenvalue weighted by molar-refractivity contribution is 7.89. The first-order valence-electron chi connectivity index (χ1n) is 12.4. The number of hydrogen-bond acceptors (Lipinski definition) is 6. The zero-order valence-corrected chi connectivity index (χ0v) is 20.7. The normalized spacial score (nSPS) is 19.3. The molecule has 1 atom stereocenters. The maximum absolute atomic E-state index is 13.5. The molecule has 3 N–H and O–H groups in total. The summed E-state index contributed by atoms with van der Waals surface area (Å²) in [6.07, 6.45) is 11.1. The van der Waals surface area contributed by atoms with E-state index >= 15 is 0 Å². The molecule has 1 aromatic rings. The number of nitrogens with one attached hydrogen (secondary N) is 3. The lowest BCUT2D eigenvalue weighted by Crippen LogP contribution is -2.62. The SMILES string of the molecule is CCCCC(NC(=O)C1(NS(=O)(=O)c2cccnc2)CCCCC1)C(=O)C(=O)NC1CCCC1. The van der Waals surface area contributed by atoms with Crippen molar-refractivity contribution in [2.75, 3.05) is 0 Å². The van der Waals surface area contributed by atoms with E-state index < -0.39 is 39.2 Å². The second-order valence-corrected chi connectivity index (χ2v) is 11.1. The number of rotatable bonds is 11. The number of hydrogen-bond donors (Lipinski definition) is 3. The largest absolute Gasteiger partial charge is 0.347 e. The Kier molecular flexibility index (Phi) is 9.18. The minimum absolute atomic E-state index is 0.00467. The highest BCUT2D eigenvalue weighted by atomic mass is 32.2. The van der Waals surface area contributed by atoms with E-state index in [0.717, 1.165) is 38.5 Å². The third kappa shape index (κ3) is 6.63. The van der Waals surface area contributed by atoms with E-state index in [4.69, 9.17) is 0 Å². The fourth-order valence-electron chi connectivity index (χ4n) is 4.81. The van der Waals surface area contributed by atoms with Gasteiger partial charge in [-0.05, 0) is 44.2 Å². The van der Waals surface area contributed by atoms with Gasteiger partial charge < -0.3 is 10.6 Å². The van der Waals surface area contributed by atoms with Crippen LogP contribution in [0.2, 0.25) is 0 Å². The quantitative estimate of drug-likeness (QED) is 0.406. The molecule has 1 unspecified atom stereocenters. The standard InChI is InChI=1S/C24H36N4O5S/c1-2-3-13-20(21(29)22(30)26-18-10-5-6-11-18)27-23(31)24(14-7-4-8-15-24)28-34(32,33)19-12-9-16-25-17-19/h9,12,16-18,20,28H,2-8,10-11,13-15H2,1H3,(H,26,30)(H,27,31).